The number of amides is 1. The van der Waals surface area contributed by atoms with E-state index in [1.165, 1.54) is 0 Å². The summed E-state index contributed by atoms with van der Waals surface area (Å²) in [5, 5.41) is 23.5. The highest BCUT2D eigenvalue weighted by Gasteiger charge is 2.28. The molecule has 0 bridgehead atoms. The fourth-order valence-corrected chi connectivity index (χ4v) is 3.96. The van der Waals surface area contributed by atoms with E-state index >= 15 is 0 Å². The van der Waals surface area contributed by atoms with Crippen LogP contribution in [0.2, 0.25) is 0 Å². The topological polar surface area (TPSA) is 95.7 Å². The minimum absolute atomic E-state index is 0.00780. The first-order valence-corrected chi connectivity index (χ1v) is 11.0. The average molecular weight is 426 g/mol. The summed E-state index contributed by atoms with van der Waals surface area (Å²) < 4.78 is 1.84. The summed E-state index contributed by atoms with van der Waals surface area (Å²) >= 11 is 0. The van der Waals surface area contributed by atoms with E-state index in [4.69, 9.17) is 5.11 Å². The zero-order valence-electron chi connectivity index (χ0n) is 17.8. The molecular weight excluding hydrogens is 394 g/mol. The van der Waals surface area contributed by atoms with Crippen molar-refractivity contribution in [1.29, 1.82) is 0 Å². The summed E-state index contributed by atoms with van der Waals surface area (Å²) in [6, 6.07) is 9.71. The molecule has 2 N–H and O–H groups in total. The molecule has 1 fully saturated rings. The van der Waals surface area contributed by atoms with Crippen molar-refractivity contribution in [2.75, 3.05) is 6.54 Å². The monoisotopic (exact) mass is 425 g/mol. The number of unbranched alkanes of at least 4 members (excludes halogenated alkanes) is 3. The molecule has 166 valence electrons. The minimum Gasteiger partial charge on any atom is -0.481 e. The van der Waals surface area contributed by atoms with Gasteiger partial charge in [-0.3, -0.25) is 14.3 Å². The minimum atomic E-state index is -0.759. The standard InChI is InChI=1S/C24H31N3O4/c28-22(20-8-5-7-19(17-20)18-26-15-6-14-25-26)12-10-21-11-13-23(29)27(21)16-4-2-1-3-9-24(30)31/h5-8,10,12,14-15,17,21-22,28H,1-4,9,11,13,16,18H2,(H,30,31). The van der Waals surface area contributed by atoms with Gasteiger partial charge in [0.15, 0.2) is 0 Å². The van der Waals surface area contributed by atoms with E-state index in [-0.39, 0.29) is 18.4 Å². The molecule has 0 spiro atoms. The van der Waals surface area contributed by atoms with E-state index in [2.05, 4.69) is 5.10 Å². The van der Waals surface area contributed by atoms with Crippen LogP contribution in [0.5, 0.6) is 0 Å². The number of hydrogen-bond donors (Lipinski definition) is 2. The van der Waals surface area contributed by atoms with Gasteiger partial charge in [-0.25, -0.2) is 0 Å². The average Bonchev–Trinajstić information content (AvgIpc) is 3.38. The molecule has 1 aromatic heterocycles. The van der Waals surface area contributed by atoms with Gasteiger partial charge in [0.05, 0.1) is 18.7 Å². The smallest absolute Gasteiger partial charge is 0.303 e. The SMILES string of the molecule is O=C(O)CCCCCCN1C(=O)CCC1C=CC(O)c1cccc(Cn2cccn2)c1. The van der Waals surface area contributed by atoms with Crippen molar-refractivity contribution >= 4 is 11.9 Å². The molecule has 2 unspecified atom stereocenters. The number of aliphatic hydroxyl groups is 1. The van der Waals surface area contributed by atoms with E-state index in [9.17, 15) is 14.7 Å². The predicted molar refractivity (Wildman–Crippen MR) is 117 cm³/mol. The van der Waals surface area contributed by atoms with Crippen molar-refractivity contribution in [3.63, 3.8) is 0 Å². The number of carbonyl (C=O) groups excluding carboxylic acids is 1. The molecule has 2 aromatic rings. The van der Waals surface area contributed by atoms with E-state index in [0.717, 1.165) is 36.8 Å². The Bertz CT molecular complexity index is 879. The van der Waals surface area contributed by atoms with Gasteiger partial charge in [0.25, 0.3) is 0 Å². The maximum absolute atomic E-state index is 12.2. The van der Waals surface area contributed by atoms with Gasteiger partial charge < -0.3 is 15.1 Å². The number of nitrogens with zero attached hydrogens (tertiary/aromatic N) is 3. The van der Waals surface area contributed by atoms with Crippen LogP contribution in [0.1, 0.15) is 62.2 Å². The van der Waals surface area contributed by atoms with Gasteiger partial charge in [0.2, 0.25) is 5.91 Å². The van der Waals surface area contributed by atoms with Crippen LogP contribution >= 0.6 is 0 Å². The second-order valence-corrected chi connectivity index (χ2v) is 8.03. The molecule has 0 radical (unpaired) electrons. The maximum Gasteiger partial charge on any atom is 0.303 e. The molecule has 7 nitrogen and oxygen atoms in total. The number of carboxylic acid groups (broad SMARTS) is 1. The van der Waals surface area contributed by atoms with Crippen LogP contribution in [-0.4, -0.2) is 49.4 Å². The van der Waals surface area contributed by atoms with E-state index in [1.54, 1.807) is 12.3 Å². The maximum atomic E-state index is 12.2. The van der Waals surface area contributed by atoms with Crippen LogP contribution in [0.15, 0.2) is 54.9 Å². The summed E-state index contributed by atoms with van der Waals surface area (Å²) in [5.41, 5.74) is 1.88. The lowest BCUT2D eigenvalue weighted by molar-refractivity contribution is -0.137. The van der Waals surface area contributed by atoms with Crippen molar-refractivity contribution in [2.24, 2.45) is 0 Å². The van der Waals surface area contributed by atoms with E-state index in [1.807, 2.05) is 52.2 Å². The zero-order chi connectivity index (χ0) is 22.1. The van der Waals surface area contributed by atoms with Gasteiger partial charge in [-0.05, 0) is 36.5 Å². The predicted octanol–water partition coefficient (Wildman–Crippen LogP) is 3.55. The molecule has 7 heteroatoms. The molecule has 1 amide bonds. The molecule has 1 aromatic carbocycles. The molecule has 0 aliphatic carbocycles. The third-order valence-corrected chi connectivity index (χ3v) is 5.63. The highest BCUT2D eigenvalue weighted by molar-refractivity contribution is 5.79. The van der Waals surface area contributed by atoms with Crippen molar-refractivity contribution in [2.45, 2.75) is 63.6 Å². The van der Waals surface area contributed by atoms with Gasteiger partial charge in [0.1, 0.15) is 0 Å². The first-order valence-electron chi connectivity index (χ1n) is 11.0. The fraction of sp³-hybridized carbons (Fsp3) is 0.458. The number of hydrogen-bond acceptors (Lipinski definition) is 4. The fourth-order valence-electron chi connectivity index (χ4n) is 3.96. The largest absolute Gasteiger partial charge is 0.481 e. The molecular formula is C24H31N3O4. The second kappa shape index (κ2) is 11.5. The van der Waals surface area contributed by atoms with Crippen molar-refractivity contribution in [3.8, 4) is 0 Å². The molecule has 0 saturated carbocycles. The third-order valence-electron chi connectivity index (χ3n) is 5.63. The second-order valence-electron chi connectivity index (χ2n) is 8.03. The Morgan fingerprint density at radius 2 is 2.06 bits per heavy atom. The Labute approximate surface area is 183 Å². The van der Waals surface area contributed by atoms with Gasteiger partial charge in [-0.1, -0.05) is 49.3 Å². The van der Waals surface area contributed by atoms with Gasteiger partial charge in [0, 0.05) is 31.8 Å². The highest BCUT2D eigenvalue weighted by atomic mass is 16.4. The normalized spacial score (nSPS) is 17.5. The molecule has 31 heavy (non-hydrogen) atoms. The Morgan fingerprint density at radius 1 is 1.23 bits per heavy atom. The van der Waals surface area contributed by atoms with Crippen LogP contribution in [-0.2, 0) is 16.1 Å². The summed E-state index contributed by atoms with van der Waals surface area (Å²) in [6.45, 7) is 1.32. The lowest BCUT2D eigenvalue weighted by Crippen LogP contribution is -2.32. The van der Waals surface area contributed by atoms with Crippen LogP contribution in [0.25, 0.3) is 0 Å². The lowest BCUT2D eigenvalue weighted by Gasteiger charge is -2.22. The number of aromatic nitrogens is 2. The number of aliphatic hydroxyl groups excluding tert-OH is 1. The summed E-state index contributed by atoms with van der Waals surface area (Å²) in [4.78, 5) is 24.7. The Morgan fingerprint density at radius 3 is 2.84 bits per heavy atom. The van der Waals surface area contributed by atoms with Crippen molar-refractivity contribution in [3.05, 3.63) is 66.0 Å². The van der Waals surface area contributed by atoms with E-state index in [0.29, 0.717) is 25.9 Å². The van der Waals surface area contributed by atoms with Crippen LogP contribution < -0.4 is 0 Å². The number of benzene rings is 1. The number of aliphatic carboxylic acids is 1. The molecule has 1 saturated heterocycles. The van der Waals surface area contributed by atoms with Gasteiger partial charge in [-0.2, -0.15) is 5.10 Å². The van der Waals surface area contributed by atoms with Gasteiger partial charge in [-0.15, -0.1) is 0 Å². The Hall–Kier alpha value is -2.93. The molecule has 1 aliphatic heterocycles. The Balaban J connectivity index is 1.51. The van der Waals surface area contributed by atoms with Crippen molar-refractivity contribution in [1.82, 2.24) is 14.7 Å². The summed E-state index contributed by atoms with van der Waals surface area (Å²) in [6.07, 6.45) is 11.5. The number of rotatable bonds is 12. The summed E-state index contributed by atoms with van der Waals surface area (Å²) in [5.74, 6) is -0.610. The number of carbonyl (C=O) groups is 2. The lowest BCUT2D eigenvalue weighted by atomic mass is 10.0. The first-order chi connectivity index (χ1) is 15.0. The Kier molecular flexibility index (Phi) is 8.41. The van der Waals surface area contributed by atoms with E-state index < -0.39 is 12.1 Å². The molecule has 3 rings (SSSR count). The number of likely N-dealkylation sites (tertiary alicyclic amines) is 1. The van der Waals surface area contributed by atoms with Crippen LogP contribution in [0.4, 0.5) is 0 Å². The quantitative estimate of drug-likeness (QED) is 0.401. The first kappa shape index (κ1) is 22.7. The molecule has 2 heterocycles. The van der Waals surface area contributed by atoms with Gasteiger partial charge >= 0.3 is 5.97 Å². The van der Waals surface area contributed by atoms with Crippen LogP contribution in [0.3, 0.4) is 0 Å². The summed E-state index contributed by atoms with van der Waals surface area (Å²) in [7, 11) is 0. The third kappa shape index (κ3) is 7.07. The highest BCUT2D eigenvalue weighted by Crippen LogP contribution is 2.23. The number of carboxylic acids is 1. The van der Waals surface area contributed by atoms with Crippen molar-refractivity contribution < 1.29 is 19.8 Å². The van der Waals surface area contributed by atoms with Crippen LogP contribution in [0, 0.1) is 0 Å². The molecule has 1 aliphatic rings. The zero-order valence-corrected chi connectivity index (χ0v) is 17.8. The molecule has 2 atom stereocenters.